The minimum absolute atomic E-state index is 0.101. The zero-order valence-electron chi connectivity index (χ0n) is 14.5. The number of likely N-dealkylation sites (tertiary alicyclic amines) is 1. The molecule has 5 nitrogen and oxygen atoms in total. The molecule has 1 saturated heterocycles. The molecule has 0 atom stereocenters. The smallest absolute Gasteiger partial charge is 0.258 e. The van der Waals surface area contributed by atoms with Gasteiger partial charge < -0.3 is 15.0 Å². The second kappa shape index (κ2) is 6.85. The molecule has 0 bridgehead atoms. The van der Waals surface area contributed by atoms with Gasteiger partial charge in [-0.15, -0.1) is 0 Å². The Labute approximate surface area is 161 Å². The normalized spacial score (nSPS) is 18.3. The van der Waals surface area contributed by atoms with Gasteiger partial charge in [0.2, 0.25) is 0 Å². The number of ether oxygens (including phenoxy) is 1. The third-order valence-electron chi connectivity index (χ3n) is 5.17. The molecule has 0 radical (unpaired) electrons. The van der Waals surface area contributed by atoms with E-state index in [1.807, 2.05) is 6.07 Å². The van der Waals surface area contributed by atoms with Gasteiger partial charge in [-0.3, -0.25) is 9.59 Å². The lowest BCUT2D eigenvalue weighted by Crippen LogP contribution is -2.54. The minimum Gasteiger partial charge on any atom is -0.484 e. The number of carbonyl (C=O) groups is 2. The zero-order valence-corrected chi connectivity index (χ0v) is 15.3. The molecule has 2 aliphatic heterocycles. The number of nitrogens with zero attached hydrogens (tertiary/aromatic N) is 1. The van der Waals surface area contributed by atoms with Gasteiger partial charge in [-0.25, -0.2) is 4.39 Å². The average molecular weight is 389 g/mol. The number of piperidine rings is 1. The lowest BCUT2D eigenvalue weighted by Gasteiger charge is -2.41. The topological polar surface area (TPSA) is 58.6 Å². The highest BCUT2D eigenvalue weighted by atomic mass is 35.5. The number of fused-ring (bicyclic) bond motifs is 1. The standard InChI is InChI=1S/C20H18ClFN2O3/c21-14-5-3-6-15(22)17(14)19(26)24-10-8-20(9-11-24)12-23-18(25)13-4-1-2-7-16(13)27-20/h1-7H,8-12H2,(H,23,25). The maximum absolute atomic E-state index is 14.1. The van der Waals surface area contributed by atoms with Crippen molar-refractivity contribution in [3.05, 3.63) is 64.4 Å². The summed E-state index contributed by atoms with van der Waals surface area (Å²) < 4.78 is 20.3. The second-order valence-electron chi connectivity index (χ2n) is 6.85. The van der Waals surface area contributed by atoms with Crippen LogP contribution in [0.1, 0.15) is 33.6 Å². The molecule has 0 saturated carbocycles. The van der Waals surface area contributed by atoms with Crippen LogP contribution in [-0.2, 0) is 0 Å². The van der Waals surface area contributed by atoms with Crippen molar-refractivity contribution < 1.29 is 18.7 Å². The van der Waals surface area contributed by atoms with Crippen LogP contribution in [0.4, 0.5) is 4.39 Å². The fraction of sp³-hybridized carbons (Fsp3) is 0.300. The zero-order chi connectivity index (χ0) is 19.0. The Morgan fingerprint density at radius 2 is 1.89 bits per heavy atom. The summed E-state index contributed by atoms with van der Waals surface area (Å²) in [5.41, 5.74) is -0.181. The minimum atomic E-state index is -0.625. The Kier molecular flexibility index (Phi) is 4.52. The first-order valence-corrected chi connectivity index (χ1v) is 9.16. The summed E-state index contributed by atoms with van der Waals surface area (Å²) in [6.07, 6.45) is 1.05. The number of rotatable bonds is 1. The largest absolute Gasteiger partial charge is 0.484 e. The first kappa shape index (κ1) is 17.8. The highest BCUT2D eigenvalue weighted by Crippen LogP contribution is 2.33. The van der Waals surface area contributed by atoms with Crippen LogP contribution in [0.5, 0.6) is 5.75 Å². The summed E-state index contributed by atoms with van der Waals surface area (Å²) >= 11 is 6.02. The van der Waals surface area contributed by atoms with Crippen molar-refractivity contribution in [2.24, 2.45) is 0 Å². The molecule has 7 heteroatoms. The summed E-state index contributed by atoms with van der Waals surface area (Å²) in [5.74, 6) is -0.672. The molecule has 1 spiro atoms. The van der Waals surface area contributed by atoms with Crippen LogP contribution in [0.15, 0.2) is 42.5 Å². The first-order valence-electron chi connectivity index (χ1n) is 8.79. The summed E-state index contributed by atoms with van der Waals surface area (Å²) in [6, 6.07) is 11.3. The van der Waals surface area contributed by atoms with Crippen molar-refractivity contribution in [3.63, 3.8) is 0 Å². The Hall–Kier alpha value is -2.60. The number of benzene rings is 2. The highest BCUT2D eigenvalue weighted by molar-refractivity contribution is 6.33. The maximum Gasteiger partial charge on any atom is 0.258 e. The number of nitrogens with one attached hydrogen (secondary N) is 1. The molecule has 2 amide bonds. The lowest BCUT2D eigenvalue weighted by atomic mass is 9.90. The van der Waals surface area contributed by atoms with Crippen molar-refractivity contribution >= 4 is 23.4 Å². The van der Waals surface area contributed by atoms with Gasteiger partial charge in [-0.05, 0) is 24.3 Å². The summed E-state index contributed by atoms with van der Waals surface area (Å²) in [6.45, 7) is 1.14. The van der Waals surface area contributed by atoms with Gasteiger partial charge >= 0.3 is 0 Å². The third-order valence-corrected chi connectivity index (χ3v) is 5.48. The van der Waals surface area contributed by atoms with E-state index in [0.29, 0.717) is 43.8 Å². The number of halogens is 2. The van der Waals surface area contributed by atoms with Crippen molar-refractivity contribution in [3.8, 4) is 5.75 Å². The van der Waals surface area contributed by atoms with E-state index in [0.717, 1.165) is 0 Å². The van der Waals surface area contributed by atoms with Crippen LogP contribution in [0, 0.1) is 5.82 Å². The molecule has 4 rings (SSSR count). The van der Waals surface area contributed by atoms with Crippen LogP contribution in [-0.4, -0.2) is 41.9 Å². The van der Waals surface area contributed by atoms with E-state index in [1.54, 1.807) is 23.1 Å². The van der Waals surface area contributed by atoms with Crippen LogP contribution in [0.3, 0.4) is 0 Å². The van der Waals surface area contributed by atoms with Gasteiger partial charge in [0.05, 0.1) is 22.7 Å². The molecule has 0 aromatic heterocycles. The van der Waals surface area contributed by atoms with Crippen molar-refractivity contribution in [1.82, 2.24) is 10.2 Å². The maximum atomic E-state index is 14.1. The highest BCUT2D eigenvalue weighted by Gasteiger charge is 2.41. The molecular formula is C20H18ClFN2O3. The Morgan fingerprint density at radius 1 is 1.15 bits per heavy atom. The molecule has 1 fully saturated rings. The van der Waals surface area contributed by atoms with Crippen LogP contribution >= 0.6 is 11.6 Å². The van der Waals surface area contributed by atoms with Crippen LogP contribution in [0.2, 0.25) is 5.02 Å². The number of carbonyl (C=O) groups excluding carboxylic acids is 2. The Bertz CT molecular complexity index is 890. The van der Waals surface area contributed by atoms with Crippen molar-refractivity contribution in [2.45, 2.75) is 18.4 Å². The number of amides is 2. The van der Waals surface area contributed by atoms with Crippen LogP contribution < -0.4 is 10.1 Å². The second-order valence-corrected chi connectivity index (χ2v) is 7.26. The SMILES string of the molecule is O=C1NCC2(CCN(C(=O)c3c(F)cccc3Cl)CC2)Oc2ccccc21. The predicted octanol–water partition coefficient (Wildman–Crippen LogP) is 3.28. The van der Waals surface area contributed by atoms with Gasteiger partial charge in [0.25, 0.3) is 11.8 Å². The van der Waals surface area contributed by atoms with Gasteiger partial charge in [-0.1, -0.05) is 29.8 Å². The van der Waals surface area contributed by atoms with Crippen molar-refractivity contribution in [2.75, 3.05) is 19.6 Å². The van der Waals surface area contributed by atoms with E-state index >= 15 is 0 Å². The summed E-state index contributed by atoms with van der Waals surface area (Å²) in [5, 5.41) is 3.01. The lowest BCUT2D eigenvalue weighted by molar-refractivity contribution is 0.00758. The van der Waals surface area contributed by atoms with E-state index in [-0.39, 0.29) is 16.5 Å². The number of para-hydroxylation sites is 1. The van der Waals surface area contributed by atoms with E-state index in [2.05, 4.69) is 5.32 Å². The molecule has 140 valence electrons. The van der Waals surface area contributed by atoms with Gasteiger partial charge in [0.15, 0.2) is 0 Å². The first-order chi connectivity index (χ1) is 13.0. The molecule has 2 aromatic rings. The fourth-order valence-corrected chi connectivity index (χ4v) is 3.85. The molecule has 2 aromatic carbocycles. The molecular weight excluding hydrogens is 371 g/mol. The Balaban J connectivity index is 1.52. The number of hydrogen-bond donors (Lipinski definition) is 1. The van der Waals surface area contributed by atoms with E-state index in [1.165, 1.54) is 18.2 Å². The molecule has 0 unspecified atom stereocenters. The summed E-state index contributed by atoms with van der Waals surface area (Å²) in [4.78, 5) is 26.6. The predicted molar refractivity (Wildman–Crippen MR) is 98.7 cm³/mol. The Morgan fingerprint density at radius 3 is 2.63 bits per heavy atom. The van der Waals surface area contributed by atoms with Gasteiger partial charge in [-0.2, -0.15) is 0 Å². The fourth-order valence-electron chi connectivity index (χ4n) is 3.61. The van der Waals surface area contributed by atoms with Crippen molar-refractivity contribution in [1.29, 1.82) is 0 Å². The van der Waals surface area contributed by atoms with Crippen LogP contribution in [0.25, 0.3) is 0 Å². The molecule has 1 N–H and O–H groups in total. The quantitative estimate of drug-likeness (QED) is 0.815. The van der Waals surface area contributed by atoms with E-state index < -0.39 is 17.3 Å². The monoisotopic (exact) mass is 388 g/mol. The molecule has 27 heavy (non-hydrogen) atoms. The van der Waals surface area contributed by atoms with Gasteiger partial charge in [0, 0.05) is 25.9 Å². The third kappa shape index (κ3) is 3.25. The molecule has 2 heterocycles. The summed E-state index contributed by atoms with van der Waals surface area (Å²) in [7, 11) is 0. The van der Waals surface area contributed by atoms with Gasteiger partial charge in [0.1, 0.15) is 17.2 Å². The number of hydrogen-bond acceptors (Lipinski definition) is 3. The molecule has 2 aliphatic rings. The average Bonchev–Trinajstić information content (AvgIpc) is 2.79. The molecule has 0 aliphatic carbocycles. The van der Waals surface area contributed by atoms with E-state index in [9.17, 15) is 14.0 Å². The van der Waals surface area contributed by atoms with E-state index in [4.69, 9.17) is 16.3 Å².